The maximum atomic E-state index is 5.53. The van der Waals surface area contributed by atoms with Gasteiger partial charge in [-0.05, 0) is 25.7 Å². The summed E-state index contributed by atoms with van der Waals surface area (Å²) in [4.78, 5) is 4.52. The minimum atomic E-state index is 0.613. The molecule has 108 valence electrons. The molecule has 4 heteroatoms. The first kappa shape index (κ1) is 17.2. The van der Waals surface area contributed by atoms with Crippen molar-refractivity contribution in [2.75, 3.05) is 32.8 Å². The third kappa shape index (κ3) is 11.7. The van der Waals surface area contributed by atoms with Crippen molar-refractivity contribution in [2.24, 2.45) is 10.9 Å². The van der Waals surface area contributed by atoms with Gasteiger partial charge < -0.3 is 15.4 Å². The van der Waals surface area contributed by atoms with E-state index >= 15 is 0 Å². The van der Waals surface area contributed by atoms with Crippen molar-refractivity contribution in [3.63, 3.8) is 0 Å². The molecule has 0 rings (SSSR count). The number of ether oxygens (including phenoxy) is 1. The molecule has 0 aliphatic heterocycles. The highest BCUT2D eigenvalue weighted by Gasteiger charge is 1.96. The molecule has 0 atom stereocenters. The lowest BCUT2D eigenvalue weighted by atomic mass is 10.2. The van der Waals surface area contributed by atoms with Gasteiger partial charge in [-0.2, -0.15) is 0 Å². The molecule has 0 unspecified atom stereocenters. The highest BCUT2D eigenvalue weighted by Crippen LogP contribution is 1.93. The molecule has 0 aromatic carbocycles. The summed E-state index contributed by atoms with van der Waals surface area (Å²) in [7, 11) is 0. The Morgan fingerprint density at radius 2 is 1.94 bits per heavy atom. The van der Waals surface area contributed by atoms with Crippen molar-refractivity contribution in [1.29, 1.82) is 0 Å². The predicted octanol–water partition coefficient (Wildman–Crippen LogP) is 2.40. The van der Waals surface area contributed by atoms with Crippen LogP contribution in [0.25, 0.3) is 0 Å². The Balaban J connectivity index is 3.65. The van der Waals surface area contributed by atoms with Crippen LogP contribution >= 0.6 is 0 Å². The Bertz CT molecular complexity index is 205. The topological polar surface area (TPSA) is 45.7 Å². The smallest absolute Gasteiger partial charge is 0.191 e. The van der Waals surface area contributed by atoms with E-state index in [9.17, 15) is 0 Å². The first-order valence-corrected chi connectivity index (χ1v) is 7.30. The van der Waals surface area contributed by atoms with Gasteiger partial charge in [0, 0.05) is 32.8 Å². The van der Waals surface area contributed by atoms with E-state index in [0.717, 1.165) is 45.2 Å². The summed E-state index contributed by atoms with van der Waals surface area (Å²) in [6.45, 7) is 13.0. The minimum absolute atomic E-state index is 0.613. The molecule has 0 spiro atoms. The maximum absolute atomic E-state index is 5.53. The first-order valence-electron chi connectivity index (χ1n) is 7.30. The summed E-state index contributed by atoms with van der Waals surface area (Å²) in [5.74, 6) is 1.54. The van der Waals surface area contributed by atoms with E-state index in [1.807, 2.05) is 0 Å². The largest absolute Gasteiger partial charge is 0.381 e. The van der Waals surface area contributed by atoms with Crippen LogP contribution in [0.2, 0.25) is 0 Å². The van der Waals surface area contributed by atoms with Gasteiger partial charge in [0.05, 0.1) is 0 Å². The maximum Gasteiger partial charge on any atom is 0.191 e. The third-order valence-corrected chi connectivity index (χ3v) is 2.33. The molecule has 18 heavy (non-hydrogen) atoms. The van der Waals surface area contributed by atoms with Crippen LogP contribution in [0.1, 0.15) is 47.0 Å². The van der Waals surface area contributed by atoms with E-state index in [0.29, 0.717) is 5.92 Å². The van der Waals surface area contributed by atoms with Crippen LogP contribution in [0.5, 0.6) is 0 Å². The van der Waals surface area contributed by atoms with Crippen LogP contribution in [-0.2, 0) is 4.74 Å². The predicted molar refractivity (Wildman–Crippen MR) is 79.2 cm³/mol. The lowest BCUT2D eigenvalue weighted by Crippen LogP contribution is -2.37. The van der Waals surface area contributed by atoms with E-state index in [1.54, 1.807) is 0 Å². The minimum Gasteiger partial charge on any atom is -0.381 e. The van der Waals surface area contributed by atoms with E-state index in [2.05, 4.69) is 43.3 Å². The molecular weight excluding hydrogens is 226 g/mol. The van der Waals surface area contributed by atoms with Gasteiger partial charge in [0.2, 0.25) is 0 Å². The summed E-state index contributed by atoms with van der Waals surface area (Å²) < 4.78 is 5.53. The van der Waals surface area contributed by atoms with Gasteiger partial charge in [0.25, 0.3) is 0 Å². The normalized spacial score (nSPS) is 11.9. The molecule has 0 saturated heterocycles. The number of hydrogen-bond donors (Lipinski definition) is 2. The standard InChI is InChI=1S/C14H31N3O/c1-5-7-9-16-14(15-6-2)17-10-8-11-18-12-13(3)4/h13H,5-12H2,1-4H3,(H2,15,16,17). The molecule has 0 aliphatic carbocycles. The van der Waals surface area contributed by atoms with Crippen LogP contribution in [0.4, 0.5) is 0 Å². The van der Waals surface area contributed by atoms with Crippen LogP contribution < -0.4 is 10.6 Å². The Morgan fingerprint density at radius 3 is 2.56 bits per heavy atom. The lowest BCUT2D eigenvalue weighted by molar-refractivity contribution is 0.109. The number of hydrogen-bond acceptors (Lipinski definition) is 2. The molecule has 0 heterocycles. The van der Waals surface area contributed by atoms with E-state index < -0.39 is 0 Å². The second kappa shape index (κ2) is 12.7. The van der Waals surface area contributed by atoms with Gasteiger partial charge in [-0.25, -0.2) is 0 Å². The number of guanidine groups is 1. The van der Waals surface area contributed by atoms with Gasteiger partial charge in [0.1, 0.15) is 0 Å². The van der Waals surface area contributed by atoms with E-state index in [4.69, 9.17) is 4.74 Å². The van der Waals surface area contributed by atoms with Gasteiger partial charge >= 0.3 is 0 Å². The fourth-order valence-electron chi connectivity index (χ4n) is 1.40. The number of unbranched alkanes of at least 4 members (excludes halogenated alkanes) is 1. The average molecular weight is 257 g/mol. The Kier molecular flexibility index (Phi) is 12.1. The van der Waals surface area contributed by atoms with Gasteiger partial charge in [0.15, 0.2) is 5.96 Å². The third-order valence-electron chi connectivity index (χ3n) is 2.33. The molecule has 0 bridgehead atoms. The van der Waals surface area contributed by atoms with Crippen LogP contribution in [0, 0.1) is 5.92 Å². The highest BCUT2D eigenvalue weighted by atomic mass is 16.5. The molecule has 0 saturated carbocycles. The van der Waals surface area contributed by atoms with Gasteiger partial charge in [-0.1, -0.05) is 27.2 Å². The summed E-state index contributed by atoms with van der Waals surface area (Å²) in [5.41, 5.74) is 0. The van der Waals surface area contributed by atoms with Crippen molar-refractivity contribution in [3.8, 4) is 0 Å². The van der Waals surface area contributed by atoms with Crippen molar-refractivity contribution < 1.29 is 4.74 Å². The van der Waals surface area contributed by atoms with Crippen molar-refractivity contribution in [2.45, 2.75) is 47.0 Å². The number of nitrogens with one attached hydrogen (secondary N) is 2. The second-order valence-corrected chi connectivity index (χ2v) is 4.86. The summed E-state index contributed by atoms with van der Waals surface area (Å²) in [6, 6.07) is 0. The molecule has 0 fully saturated rings. The molecule has 0 aromatic heterocycles. The fraction of sp³-hybridized carbons (Fsp3) is 0.929. The van der Waals surface area contributed by atoms with Crippen molar-refractivity contribution in [1.82, 2.24) is 10.6 Å². The quantitative estimate of drug-likeness (QED) is 0.359. The first-order chi connectivity index (χ1) is 8.70. The summed E-state index contributed by atoms with van der Waals surface area (Å²) >= 11 is 0. The monoisotopic (exact) mass is 257 g/mol. The van der Waals surface area contributed by atoms with Gasteiger partial charge in [-0.15, -0.1) is 0 Å². The average Bonchev–Trinajstić information content (AvgIpc) is 2.33. The Hall–Kier alpha value is -0.770. The molecule has 0 radical (unpaired) electrons. The molecule has 4 nitrogen and oxygen atoms in total. The second-order valence-electron chi connectivity index (χ2n) is 4.86. The zero-order valence-corrected chi connectivity index (χ0v) is 12.6. The zero-order valence-electron chi connectivity index (χ0n) is 12.6. The van der Waals surface area contributed by atoms with Crippen molar-refractivity contribution >= 4 is 5.96 Å². The summed E-state index contributed by atoms with van der Waals surface area (Å²) in [6.07, 6.45) is 3.37. The number of rotatable bonds is 10. The molecule has 2 N–H and O–H groups in total. The van der Waals surface area contributed by atoms with Crippen LogP contribution in [-0.4, -0.2) is 38.8 Å². The lowest BCUT2D eigenvalue weighted by Gasteiger charge is -2.11. The fourth-order valence-corrected chi connectivity index (χ4v) is 1.40. The Morgan fingerprint density at radius 1 is 1.17 bits per heavy atom. The van der Waals surface area contributed by atoms with Crippen molar-refractivity contribution in [3.05, 3.63) is 0 Å². The van der Waals surface area contributed by atoms with E-state index in [1.165, 1.54) is 12.8 Å². The molecule has 0 aromatic rings. The molecule has 0 amide bonds. The van der Waals surface area contributed by atoms with Crippen LogP contribution in [0.15, 0.2) is 4.99 Å². The van der Waals surface area contributed by atoms with Gasteiger partial charge in [-0.3, -0.25) is 4.99 Å². The number of aliphatic imine (C=N–C) groups is 1. The molecular formula is C14H31N3O. The SMILES string of the molecule is CCCCNC(=NCCCOCC(C)C)NCC. The highest BCUT2D eigenvalue weighted by molar-refractivity contribution is 5.79. The summed E-state index contributed by atoms with van der Waals surface area (Å²) in [5, 5.41) is 6.58. The Labute approximate surface area is 113 Å². The number of nitrogens with zero attached hydrogens (tertiary/aromatic N) is 1. The van der Waals surface area contributed by atoms with E-state index in [-0.39, 0.29) is 0 Å². The zero-order chi connectivity index (χ0) is 13.6. The molecule has 0 aliphatic rings. The van der Waals surface area contributed by atoms with Crippen LogP contribution in [0.3, 0.4) is 0 Å².